The van der Waals surface area contributed by atoms with Crippen LogP contribution in [0.2, 0.25) is 0 Å². The maximum absolute atomic E-state index is 5.66. The molecule has 2 aromatic rings. The minimum absolute atomic E-state index is 0.670. The van der Waals surface area contributed by atoms with E-state index in [9.17, 15) is 0 Å². The number of aryl methyl sites for hydroxylation is 1. The summed E-state index contributed by atoms with van der Waals surface area (Å²) in [4.78, 5) is 0. The van der Waals surface area contributed by atoms with Crippen molar-refractivity contribution in [3.05, 3.63) is 41.7 Å². The highest BCUT2D eigenvalue weighted by Gasteiger charge is 1.99. The Hall–Kier alpha value is -2.17. The second-order valence-corrected chi connectivity index (χ2v) is 3.32. The molecule has 2 rings (SSSR count). The third kappa shape index (κ3) is 3.20. The predicted molar refractivity (Wildman–Crippen MR) is 64.6 cm³/mol. The molecule has 0 aliphatic carbocycles. The van der Waals surface area contributed by atoms with E-state index in [0.29, 0.717) is 11.4 Å². The van der Waals surface area contributed by atoms with Gasteiger partial charge in [-0.25, -0.2) is 0 Å². The van der Waals surface area contributed by atoms with Crippen LogP contribution in [0.1, 0.15) is 11.1 Å². The van der Waals surface area contributed by atoms with Gasteiger partial charge in [0.25, 0.3) is 0 Å². The average molecular weight is 217 g/mol. The number of aromatic nitrogens is 3. The minimum atomic E-state index is 0.670. The van der Waals surface area contributed by atoms with Gasteiger partial charge in [-0.05, 0) is 42.3 Å². The second kappa shape index (κ2) is 5.65. The maximum Gasteiger partial charge on any atom is 0.0580 e. The fourth-order valence-electron chi connectivity index (χ4n) is 1.06. The molecule has 5 heteroatoms. The van der Waals surface area contributed by atoms with Crippen LogP contribution >= 0.6 is 0 Å². The van der Waals surface area contributed by atoms with Gasteiger partial charge in [-0.3, -0.25) is 0 Å². The van der Waals surface area contributed by atoms with Gasteiger partial charge in [0, 0.05) is 0 Å². The Morgan fingerprint density at radius 1 is 1.00 bits per heavy atom. The lowest BCUT2D eigenvalue weighted by molar-refractivity contribution is 0.865. The standard InChI is InChI=1S/C8H12N2.C3H3N3/c1-5-3-4-7(9)8(10)6(5)2;1-2-4-6-5-3-1/h3-4H,9-10H2,1-2H3;1-3H. The molecule has 0 saturated carbocycles. The summed E-state index contributed by atoms with van der Waals surface area (Å²) in [5.41, 5.74) is 14.9. The summed E-state index contributed by atoms with van der Waals surface area (Å²) >= 11 is 0. The largest absolute Gasteiger partial charge is 0.397 e. The van der Waals surface area contributed by atoms with Gasteiger partial charge in [-0.15, -0.1) is 10.2 Å². The van der Waals surface area contributed by atoms with Gasteiger partial charge in [-0.2, -0.15) is 0 Å². The number of nitrogens with two attached hydrogens (primary N) is 2. The van der Waals surface area contributed by atoms with Gasteiger partial charge in [0.2, 0.25) is 0 Å². The molecule has 0 atom stereocenters. The van der Waals surface area contributed by atoms with E-state index < -0.39 is 0 Å². The number of benzene rings is 1. The SMILES string of the molecule is Cc1ccc(N)c(N)c1C.c1cnnnc1. The number of rotatable bonds is 0. The molecule has 4 N–H and O–H groups in total. The fraction of sp³-hybridized carbons (Fsp3) is 0.182. The first-order valence-corrected chi connectivity index (χ1v) is 4.82. The molecule has 0 aliphatic heterocycles. The van der Waals surface area contributed by atoms with Gasteiger partial charge in [0.05, 0.1) is 23.8 Å². The van der Waals surface area contributed by atoms with Crippen molar-refractivity contribution in [1.82, 2.24) is 15.4 Å². The molecule has 0 unspecified atom stereocenters. The first kappa shape index (κ1) is 11.9. The van der Waals surface area contributed by atoms with E-state index in [1.54, 1.807) is 18.5 Å². The lowest BCUT2D eigenvalue weighted by Crippen LogP contribution is -1.98. The van der Waals surface area contributed by atoms with E-state index in [1.165, 1.54) is 5.56 Å². The maximum atomic E-state index is 5.66. The van der Waals surface area contributed by atoms with Crippen molar-refractivity contribution in [3.63, 3.8) is 0 Å². The van der Waals surface area contributed by atoms with Gasteiger partial charge in [0.1, 0.15) is 0 Å². The number of anilines is 2. The average Bonchev–Trinajstić information content (AvgIpc) is 2.35. The van der Waals surface area contributed by atoms with Crippen molar-refractivity contribution < 1.29 is 0 Å². The number of nitrogen functional groups attached to an aromatic ring is 2. The summed E-state index contributed by atoms with van der Waals surface area (Å²) in [6.07, 6.45) is 3.15. The lowest BCUT2D eigenvalue weighted by Gasteiger charge is -2.05. The highest BCUT2D eigenvalue weighted by molar-refractivity contribution is 5.68. The molecule has 0 fully saturated rings. The van der Waals surface area contributed by atoms with Crippen LogP contribution < -0.4 is 11.5 Å². The smallest absolute Gasteiger partial charge is 0.0580 e. The molecular weight excluding hydrogens is 202 g/mol. The third-order valence-electron chi connectivity index (χ3n) is 2.23. The highest BCUT2D eigenvalue weighted by atomic mass is 15.3. The summed E-state index contributed by atoms with van der Waals surface area (Å²) in [7, 11) is 0. The quantitative estimate of drug-likeness (QED) is 0.650. The van der Waals surface area contributed by atoms with Gasteiger partial charge in [0.15, 0.2) is 0 Å². The van der Waals surface area contributed by atoms with Crippen molar-refractivity contribution >= 4 is 11.4 Å². The Morgan fingerprint density at radius 3 is 2.00 bits per heavy atom. The molecular formula is C11H15N5. The van der Waals surface area contributed by atoms with Crippen LogP contribution in [0.25, 0.3) is 0 Å². The van der Waals surface area contributed by atoms with Crippen LogP contribution in [-0.4, -0.2) is 15.4 Å². The predicted octanol–water partition coefficient (Wildman–Crippen LogP) is 1.34. The van der Waals surface area contributed by atoms with Crippen molar-refractivity contribution in [2.45, 2.75) is 13.8 Å². The fourth-order valence-corrected chi connectivity index (χ4v) is 1.06. The first-order chi connectivity index (χ1) is 7.63. The van der Waals surface area contributed by atoms with E-state index in [-0.39, 0.29) is 0 Å². The molecule has 0 aliphatic rings. The van der Waals surface area contributed by atoms with Crippen LogP contribution in [0.4, 0.5) is 11.4 Å². The van der Waals surface area contributed by atoms with E-state index >= 15 is 0 Å². The number of hydrogen-bond donors (Lipinski definition) is 2. The zero-order valence-electron chi connectivity index (χ0n) is 9.38. The highest BCUT2D eigenvalue weighted by Crippen LogP contribution is 2.21. The molecule has 0 radical (unpaired) electrons. The van der Waals surface area contributed by atoms with Crippen LogP contribution in [0.15, 0.2) is 30.6 Å². The van der Waals surface area contributed by atoms with Crippen LogP contribution in [0.5, 0.6) is 0 Å². The molecule has 84 valence electrons. The molecule has 1 heterocycles. The number of hydrogen-bond acceptors (Lipinski definition) is 5. The Labute approximate surface area is 94.5 Å². The Kier molecular flexibility index (Phi) is 4.20. The van der Waals surface area contributed by atoms with Gasteiger partial charge in [-0.1, -0.05) is 6.07 Å². The van der Waals surface area contributed by atoms with E-state index in [2.05, 4.69) is 15.4 Å². The second-order valence-electron chi connectivity index (χ2n) is 3.32. The first-order valence-electron chi connectivity index (χ1n) is 4.82. The van der Waals surface area contributed by atoms with Crippen LogP contribution in [0, 0.1) is 13.8 Å². The molecule has 1 aromatic heterocycles. The van der Waals surface area contributed by atoms with E-state index in [0.717, 1.165) is 5.56 Å². The van der Waals surface area contributed by atoms with Gasteiger partial charge >= 0.3 is 0 Å². The molecule has 1 aromatic carbocycles. The molecule has 16 heavy (non-hydrogen) atoms. The normalized spacial score (nSPS) is 9.12. The molecule has 0 saturated heterocycles. The van der Waals surface area contributed by atoms with Crippen molar-refractivity contribution in [1.29, 1.82) is 0 Å². The summed E-state index contributed by atoms with van der Waals surface area (Å²) in [5, 5.41) is 10.1. The van der Waals surface area contributed by atoms with Crippen molar-refractivity contribution in [3.8, 4) is 0 Å². The molecule has 5 nitrogen and oxygen atoms in total. The third-order valence-corrected chi connectivity index (χ3v) is 2.23. The summed E-state index contributed by atoms with van der Waals surface area (Å²) in [6, 6.07) is 5.52. The number of nitrogens with zero attached hydrogens (tertiary/aromatic N) is 3. The zero-order valence-corrected chi connectivity index (χ0v) is 9.38. The molecule has 0 amide bonds. The van der Waals surface area contributed by atoms with Gasteiger partial charge < -0.3 is 11.5 Å². The topological polar surface area (TPSA) is 90.7 Å². The molecule has 0 bridgehead atoms. The summed E-state index contributed by atoms with van der Waals surface area (Å²) < 4.78 is 0. The van der Waals surface area contributed by atoms with E-state index in [1.807, 2.05) is 26.0 Å². The minimum Gasteiger partial charge on any atom is -0.397 e. The Bertz CT molecular complexity index is 388. The zero-order chi connectivity index (χ0) is 12.0. The Morgan fingerprint density at radius 2 is 1.62 bits per heavy atom. The lowest BCUT2D eigenvalue weighted by atomic mass is 10.1. The monoisotopic (exact) mass is 217 g/mol. The summed E-state index contributed by atoms with van der Waals surface area (Å²) in [5.74, 6) is 0. The van der Waals surface area contributed by atoms with E-state index in [4.69, 9.17) is 11.5 Å². The van der Waals surface area contributed by atoms with Crippen LogP contribution in [-0.2, 0) is 0 Å². The summed E-state index contributed by atoms with van der Waals surface area (Å²) in [6.45, 7) is 3.99. The molecule has 0 spiro atoms. The van der Waals surface area contributed by atoms with Crippen molar-refractivity contribution in [2.24, 2.45) is 0 Å². The van der Waals surface area contributed by atoms with Crippen LogP contribution in [0.3, 0.4) is 0 Å². The van der Waals surface area contributed by atoms with Crippen molar-refractivity contribution in [2.75, 3.05) is 11.5 Å². The Balaban J connectivity index is 0.000000181.